The van der Waals surface area contributed by atoms with Crippen molar-refractivity contribution in [2.24, 2.45) is 0 Å². The number of amides is 1. The molecule has 8 heteroatoms. The fraction of sp³-hybridized carbons (Fsp3) is 0.0435. The van der Waals surface area contributed by atoms with E-state index in [2.05, 4.69) is 5.32 Å². The number of nitrogens with zero attached hydrogens (tertiary/aromatic N) is 1. The summed E-state index contributed by atoms with van der Waals surface area (Å²) in [6.07, 6.45) is 1.35. The third kappa shape index (κ3) is 5.72. The van der Waals surface area contributed by atoms with Gasteiger partial charge in [0.15, 0.2) is 5.75 Å². The number of carbonyl (C=O) groups excluding carboxylic acids is 1. The van der Waals surface area contributed by atoms with Gasteiger partial charge in [0.05, 0.1) is 5.02 Å². The van der Waals surface area contributed by atoms with Gasteiger partial charge in [0, 0.05) is 5.69 Å². The number of halogens is 1. The SMILES string of the molecule is Cc1ccc(NC(=O)/C(C#N)=C/c2ccc(OS(=O)(=O)c3ccccc3)c(Cl)c2)cc1. The van der Waals surface area contributed by atoms with Crippen molar-refractivity contribution in [1.29, 1.82) is 5.26 Å². The van der Waals surface area contributed by atoms with Crippen molar-refractivity contribution in [3.8, 4) is 11.8 Å². The average Bonchev–Trinajstić information content (AvgIpc) is 2.76. The fourth-order valence-corrected chi connectivity index (χ4v) is 3.82. The number of anilines is 1. The largest absolute Gasteiger partial charge is 0.377 e. The molecule has 0 aromatic heterocycles. The van der Waals surface area contributed by atoms with Crippen LogP contribution in [0.15, 0.2) is 83.3 Å². The van der Waals surface area contributed by atoms with Crippen molar-refractivity contribution in [2.45, 2.75) is 11.8 Å². The second kappa shape index (κ2) is 9.47. The molecule has 1 N–H and O–H groups in total. The van der Waals surface area contributed by atoms with Crippen molar-refractivity contribution in [3.63, 3.8) is 0 Å². The Bertz CT molecular complexity index is 1280. The van der Waals surface area contributed by atoms with E-state index in [1.807, 2.05) is 25.1 Å². The maximum atomic E-state index is 12.4. The molecule has 0 radical (unpaired) electrons. The zero-order valence-electron chi connectivity index (χ0n) is 16.4. The van der Waals surface area contributed by atoms with Crippen LogP contribution >= 0.6 is 11.6 Å². The first kappa shape index (κ1) is 22.1. The van der Waals surface area contributed by atoms with Crippen LogP contribution < -0.4 is 9.50 Å². The predicted molar refractivity (Wildman–Crippen MR) is 119 cm³/mol. The second-order valence-corrected chi connectivity index (χ2v) is 8.48. The summed E-state index contributed by atoms with van der Waals surface area (Å²) in [6, 6.07) is 20.9. The minimum absolute atomic E-state index is 0.00502. The van der Waals surface area contributed by atoms with Gasteiger partial charge in [0.2, 0.25) is 0 Å². The highest BCUT2D eigenvalue weighted by Crippen LogP contribution is 2.29. The molecule has 0 saturated heterocycles. The Morgan fingerprint density at radius 3 is 2.35 bits per heavy atom. The minimum Gasteiger partial charge on any atom is -0.377 e. The van der Waals surface area contributed by atoms with E-state index in [9.17, 15) is 18.5 Å². The van der Waals surface area contributed by atoms with Crippen LogP contribution in [0.2, 0.25) is 5.02 Å². The van der Waals surface area contributed by atoms with Crippen LogP contribution in [0.4, 0.5) is 5.69 Å². The standard InChI is InChI=1S/C23H17ClN2O4S/c1-16-7-10-19(11-8-16)26-23(27)18(15-25)13-17-9-12-22(21(24)14-17)30-31(28,29)20-5-3-2-4-6-20/h2-14H,1H3,(H,26,27)/b18-13+. The first-order chi connectivity index (χ1) is 14.8. The van der Waals surface area contributed by atoms with Crippen LogP contribution in [0.5, 0.6) is 5.75 Å². The third-order valence-corrected chi connectivity index (χ3v) is 5.72. The molecular formula is C23H17ClN2O4S. The molecule has 0 unspecified atom stereocenters. The van der Waals surface area contributed by atoms with E-state index in [1.165, 1.54) is 36.4 Å². The summed E-state index contributed by atoms with van der Waals surface area (Å²) in [5.74, 6) is -0.639. The van der Waals surface area contributed by atoms with Crippen LogP contribution in [-0.2, 0) is 14.9 Å². The van der Waals surface area contributed by atoms with E-state index >= 15 is 0 Å². The summed E-state index contributed by atoms with van der Waals surface area (Å²) in [7, 11) is -4.04. The number of benzene rings is 3. The number of carbonyl (C=O) groups is 1. The molecule has 0 spiro atoms. The Kier molecular flexibility index (Phi) is 6.75. The molecule has 0 fully saturated rings. The maximum Gasteiger partial charge on any atom is 0.339 e. The number of aryl methyl sites for hydroxylation is 1. The molecule has 1 amide bonds. The van der Waals surface area contributed by atoms with E-state index in [4.69, 9.17) is 15.8 Å². The first-order valence-corrected chi connectivity index (χ1v) is 10.9. The van der Waals surface area contributed by atoms with Crippen LogP contribution in [0.25, 0.3) is 6.08 Å². The topological polar surface area (TPSA) is 96.3 Å². The van der Waals surface area contributed by atoms with Gasteiger partial charge in [-0.1, -0.05) is 53.6 Å². The van der Waals surface area contributed by atoms with Gasteiger partial charge in [-0.2, -0.15) is 13.7 Å². The molecule has 0 atom stereocenters. The highest BCUT2D eigenvalue weighted by molar-refractivity contribution is 7.87. The third-order valence-electron chi connectivity index (χ3n) is 4.17. The van der Waals surface area contributed by atoms with E-state index in [0.717, 1.165) is 5.56 Å². The number of hydrogen-bond acceptors (Lipinski definition) is 5. The molecule has 3 aromatic rings. The molecule has 0 heterocycles. The van der Waals surface area contributed by atoms with Crippen molar-refractivity contribution < 1.29 is 17.4 Å². The molecule has 0 aliphatic carbocycles. The zero-order chi connectivity index (χ0) is 22.4. The van der Waals surface area contributed by atoms with Gasteiger partial charge < -0.3 is 9.50 Å². The van der Waals surface area contributed by atoms with Gasteiger partial charge in [-0.05, 0) is 55.0 Å². The summed E-state index contributed by atoms with van der Waals surface area (Å²) in [6.45, 7) is 1.93. The van der Waals surface area contributed by atoms with Gasteiger partial charge in [0.1, 0.15) is 16.5 Å². The molecule has 156 valence electrons. The van der Waals surface area contributed by atoms with Crippen LogP contribution in [0.3, 0.4) is 0 Å². The van der Waals surface area contributed by atoms with Crippen LogP contribution in [-0.4, -0.2) is 14.3 Å². The number of nitrogens with one attached hydrogen (secondary N) is 1. The summed E-state index contributed by atoms with van der Waals surface area (Å²) >= 11 is 6.17. The lowest BCUT2D eigenvalue weighted by atomic mass is 10.1. The van der Waals surface area contributed by atoms with E-state index in [0.29, 0.717) is 11.3 Å². The quantitative estimate of drug-likeness (QED) is 0.324. The van der Waals surface area contributed by atoms with Gasteiger partial charge >= 0.3 is 10.1 Å². The zero-order valence-corrected chi connectivity index (χ0v) is 17.9. The summed E-state index contributed by atoms with van der Waals surface area (Å²) in [4.78, 5) is 12.4. The lowest BCUT2D eigenvalue weighted by Crippen LogP contribution is -2.13. The van der Waals surface area contributed by atoms with Crippen molar-refractivity contribution >= 4 is 39.4 Å². The van der Waals surface area contributed by atoms with Crippen molar-refractivity contribution in [3.05, 3.63) is 94.5 Å². The van der Waals surface area contributed by atoms with E-state index in [-0.39, 0.29) is 21.2 Å². The van der Waals surface area contributed by atoms with Crippen LogP contribution in [0, 0.1) is 18.3 Å². The second-order valence-electron chi connectivity index (χ2n) is 6.53. The summed E-state index contributed by atoms with van der Waals surface area (Å²) in [5.41, 5.74) is 1.90. The normalized spacial score (nSPS) is 11.5. The van der Waals surface area contributed by atoms with E-state index < -0.39 is 16.0 Å². The lowest BCUT2D eigenvalue weighted by molar-refractivity contribution is -0.112. The molecular weight excluding hydrogens is 436 g/mol. The average molecular weight is 453 g/mol. The molecule has 3 rings (SSSR count). The first-order valence-electron chi connectivity index (χ1n) is 9.07. The smallest absolute Gasteiger partial charge is 0.339 e. The van der Waals surface area contributed by atoms with Crippen molar-refractivity contribution in [2.75, 3.05) is 5.32 Å². The van der Waals surface area contributed by atoms with Crippen LogP contribution in [0.1, 0.15) is 11.1 Å². The molecule has 31 heavy (non-hydrogen) atoms. The van der Waals surface area contributed by atoms with Gasteiger partial charge in [-0.3, -0.25) is 4.79 Å². The maximum absolute atomic E-state index is 12.4. The Hall–Kier alpha value is -3.60. The number of nitriles is 1. The number of rotatable bonds is 6. The molecule has 3 aromatic carbocycles. The Morgan fingerprint density at radius 2 is 1.74 bits per heavy atom. The van der Waals surface area contributed by atoms with Gasteiger partial charge in [-0.25, -0.2) is 0 Å². The molecule has 0 bridgehead atoms. The van der Waals surface area contributed by atoms with Crippen molar-refractivity contribution in [1.82, 2.24) is 0 Å². The molecule has 0 aliphatic heterocycles. The van der Waals surface area contributed by atoms with Gasteiger partial charge in [0.25, 0.3) is 5.91 Å². The Morgan fingerprint density at radius 1 is 1.06 bits per heavy atom. The number of hydrogen-bond donors (Lipinski definition) is 1. The lowest BCUT2D eigenvalue weighted by Gasteiger charge is -2.09. The Balaban J connectivity index is 1.79. The molecule has 6 nitrogen and oxygen atoms in total. The highest BCUT2D eigenvalue weighted by atomic mass is 35.5. The summed E-state index contributed by atoms with van der Waals surface area (Å²) in [5, 5.41) is 12.0. The Labute approximate surface area is 185 Å². The fourth-order valence-electron chi connectivity index (χ4n) is 2.58. The van der Waals surface area contributed by atoms with E-state index in [1.54, 1.807) is 30.3 Å². The molecule has 0 saturated carbocycles. The highest BCUT2D eigenvalue weighted by Gasteiger charge is 2.18. The predicted octanol–water partition coefficient (Wildman–Crippen LogP) is 4.96. The van der Waals surface area contributed by atoms with Gasteiger partial charge in [-0.15, -0.1) is 0 Å². The minimum atomic E-state index is -4.04. The monoisotopic (exact) mass is 452 g/mol. The summed E-state index contributed by atoms with van der Waals surface area (Å²) < 4.78 is 29.8. The molecule has 0 aliphatic rings.